The maximum atomic E-state index is 11.6. The van der Waals surface area contributed by atoms with Crippen LogP contribution in [-0.4, -0.2) is 23.2 Å². The maximum absolute atomic E-state index is 11.6. The molecule has 6 nitrogen and oxygen atoms in total. The van der Waals surface area contributed by atoms with E-state index >= 15 is 0 Å². The fourth-order valence-electron chi connectivity index (χ4n) is 1.03. The van der Waals surface area contributed by atoms with Crippen molar-refractivity contribution in [1.82, 2.24) is 15.5 Å². The zero-order valence-corrected chi connectivity index (χ0v) is 10.9. The normalized spacial score (nSPS) is 13.5. The number of nitrogens with zero attached hydrogens (tertiary/aromatic N) is 2. The second-order valence-corrected chi connectivity index (χ2v) is 4.86. The predicted molar refractivity (Wildman–Crippen MR) is 61.0 cm³/mol. The van der Waals surface area contributed by atoms with Crippen molar-refractivity contribution in [3.8, 4) is 0 Å². The van der Waals surface area contributed by atoms with Gasteiger partial charge in [-0.1, -0.05) is 25.9 Å². The zero-order valence-electron chi connectivity index (χ0n) is 10.9. The van der Waals surface area contributed by atoms with E-state index in [1.807, 2.05) is 27.7 Å². The molecule has 0 saturated carbocycles. The number of rotatable bonds is 4. The van der Waals surface area contributed by atoms with Gasteiger partial charge in [0, 0.05) is 12.5 Å². The first-order chi connectivity index (χ1) is 7.84. The second kappa shape index (κ2) is 5.27. The lowest BCUT2D eigenvalue weighted by Crippen LogP contribution is -2.34. The molecular formula is C11H19N3O3. The average Bonchev–Trinajstić information content (AvgIpc) is 2.72. The van der Waals surface area contributed by atoms with E-state index < -0.39 is 5.41 Å². The van der Waals surface area contributed by atoms with Crippen LogP contribution in [0.25, 0.3) is 0 Å². The van der Waals surface area contributed by atoms with Gasteiger partial charge in [0.15, 0.2) is 5.82 Å². The number of carbonyl (C=O) groups excluding carboxylic acids is 1. The Balaban J connectivity index is 2.53. The summed E-state index contributed by atoms with van der Waals surface area (Å²) in [6.07, 6.45) is -0.217. The summed E-state index contributed by atoms with van der Waals surface area (Å²) < 4.78 is 10.1. The van der Waals surface area contributed by atoms with Crippen LogP contribution in [0.1, 0.15) is 45.5 Å². The van der Waals surface area contributed by atoms with Gasteiger partial charge >= 0.3 is 0 Å². The second-order valence-electron chi connectivity index (χ2n) is 4.86. The van der Waals surface area contributed by atoms with Crippen molar-refractivity contribution in [3.63, 3.8) is 0 Å². The first kappa shape index (κ1) is 13.6. The SMILES string of the molecule is COC(C)c1noc(CNC(=O)C(C)(C)C)n1. The lowest BCUT2D eigenvalue weighted by molar-refractivity contribution is -0.128. The number of amides is 1. The van der Waals surface area contributed by atoms with Crippen molar-refractivity contribution in [2.45, 2.75) is 40.3 Å². The van der Waals surface area contributed by atoms with E-state index in [-0.39, 0.29) is 18.6 Å². The first-order valence-electron chi connectivity index (χ1n) is 5.48. The molecule has 0 bridgehead atoms. The fraction of sp³-hybridized carbons (Fsp3) is 0.727. The summed E-state index contributed by atoms with van der Waals surface area (Å²) in [7, 11) is 1.57. The highest BCUT2D eigenvalue weighted by molar-refractivity contribution is 5.81. The highest BCUT2D eigenvalue weighted by Gasteiger charge is 2.21. The number of ether oxygens (including phenoxy) is 1. The Hall–Kier alpha value is -1.43. The zero-order chi connectivity index (χ0) is 13.1. The lowest BCUT2D eigenvalue weighted by Gasteiger charge is -2.16. The molecular weight excluding hydrogens is 222 g/mol. The Morgan fingerprint density at radius 3 is 2.71 bits per heavy atom. The van der Waals surface area contributed by atoms with Gasteiger partial charge in [-0.2, -0.15) is 4.98 Å². The molecule has 0 aliphatic carbocycles. The number of hydrogen-bond acceptors (Lipinski definition) is 5. The van der Waals surface area contributed by atoms with Crippen LogP contribution in [0.5, 0.6) is 0 Å². The fourth-order valence-corrected chi connectivity index (χ4v) is 1.03. The third kappa shape index (κ3) is 3.81. The van der Waals surface area contributed by atoms with E-state index in [0.717, 1.165) is 0 Å². The van der Waals surface area contributed by atoms with E-state index in [2.05, 4.69) is 15.5 Å². The Morgan fingerprint density at radius 2 is 2.18 bits per heavy atom. The van der Waals surface area contributed by atoms with E-state index in [9.17, 15) is 4.79 Å². The van der Waals surface area contributed by atoms with Crippen LogP contribution >= 0.6 is 0 Å². The van der Waals surface area contributed by atoms with Gasteiger partial charge in [-0.25, -0.2) is 0 Å². The molecule has 0 spiro atoms. The minimum absolute atomic E-state index is 0.0583. The molecule has 0 aromatic carbocycles. The summed E-state index contributed by atoms with van der Waals surface area (Å²) >= 11 is 0. The smallest absolute Gasteiger partial charge is 0.246 e. The minimum Gasteiger partial charge on any atom is -0.374 e. The summed E-state index contributed by atoms with van der Waals surface area (Å²) in [6.45, 7) is 7.58. The summed E-state index contributed by atoms with van der Waals surface area (Å²) in [5, 5.41) is 6.50. The average molecular weight is 241 g/mol. The van der Waals surface area contributed by atoms with Crippen molar-refractivity contribution in [1.29, 1.82) is 0 Å². The van der Waals surface area contributed by atoms with Gasteiger partial charge in [-0.05, 0) is 6.92 Å². The molecule has 1 N–H and O–H groups in total. The third-order valence-electron chi connectivity index (χ3n) is 2.28. The lowest BCUT2D eigenvalue weighted by atomic mass is 9.96. The molecule has 1 unspecified atom stereocenters. The molecule has 1 amide bonds. The van der Waals surface area contributed by atoms with Gasteiger partial charge in [0.25, 0.3) is 0 Å². The van der Waals surface area contributed by atoms with Crippen molar-refractivity contribution in [2.24, 2.45) is 5.41 Å². The maximum Gasteiger partial charge on any atom is 0.246 e. The number of carbonyl (C=O) groups is 1. The molecule has 0 saturated heterocycles. The molecule has 0 aliphatic rings. The van der Waals surface area contributed by atoms with Crippen molar-refractivity contribution < 1.29 is 14.1 Å². The molecule has 1 atom stereocenters. The highest BCUT2D eigenvalue weighted by atomic mass is 16.5. The highest BCUT2D eigenvalue weighted by Crippen LogP contribution is 2.14. The van der Waals surface area contributed by atoms with Gasteiger partial charge in [0.1, 0.15) is 6.10 Å². The molecule has 6 heteroatoms. The number of aromatic nitrogens is 2. The Kier molecular flexibility index (Phi) is 4.22. The van der Waals surface area contributed by atoms with Crippen molar-refractivity contribution in [2.75, 3.05) is 7.11 Å². The van der Waals surface area contributed by atoms with Gasteiger partial charge in [0.2, 0.25) is 11.8 Å². The van der Waals surface area contributed by atoms with Gasteiger partial charge in [0.05, 0.1) is 6.54 Å². The Bertz CT molecular complexity index is 382. The predicted octanol–water partition coefficient (Wildman–Crippen LogP) is 1.44. The molecule has 17 heavy (non-hydrogen) atoms. The number of nitrogens with one attached hydrogen (secondary N) is 1. The van der Waals surface area contributed by atoms with Crippen LogP contribution in [0.3, 0.4) is 0 Å². The van der Waals surface area contributed by atoms with Crippen LogP contribution in [-0.2, 0) is 16.1 Å². The van der Waals surface area contributed by atoms with Crippen LogP contribution < -0.4 is 5.32 Å². The van der Waals surface area contributed by atoms with Crippen LogP contribution in [0.15, 0.2) is 4.52 Å². The summed E-state index contributed by atoms with van der Waals surface area (Å²) in [5.74, 6) is 0.797. The van der Waals surface area contributed by atoms with Crippen LogP contribution in [0.2, 0.25) is 0 Å². The first-order valence-corrected chi connectivity index (χ1v) is 5.48. The largest absolute Gasteiger partial charge is 0.374 e. The molecule has 1 aromatic rings. The minimum atomic E-state index is -0.428. The molecule has 96 valence electrons. The van der Waals surface area contributed by atoms with Crippen molar-refractivity contribution >= 4 is 5.91 Å². The monoisotopic (exact) mass is 241 g/mol. The van der Waals surface area contributed by atoms with E-state index in [4.69, 9.17) is 9.26 Å². The molecule has 0 fully saturated rings. The Labute approximate surface area is 101 Å². The quantitative estimate of drug-likeness (QED) is 0.863. The van der Waals surface area contributed by atoms with Crippen molar-refractivity contribution in [3.05, 3.63) is 11.7 Å². The molecule has 0 radical (unpaired) electrons. The summed E-state index contributed by atoms with van der Waals surface area (Å²) in [5.41, 5.74) is -0.428. The summed E-state index contributed by atoms with van der Waals surface area (Å²) in [4.78, 5) is 15.7. The van der Waals surface area contributed by atoms with E-state index in [1.165, 1.54) is 0 Å². The molecule has 1 heterocycles. The molecule has 0 aliphatic heterocycles. The molecule has 1 rings (SSSR count). The topological polar surface area (TPSA) is 77.3 Å². The standard InChI is InChI=1S/C11H19N3O3/c1-7(16-5)9-13-8(17-14-9)6-12-10(15)11(2,3)4/h7H,6H2,1-5H3,(H,12,15). The van der Waals surface area contributed by atoms with Crippen LogP contribution in [0, 0.1) is 5.41 Å². The van der Waals surface area contributed by atoms with E-state index in [1.54, 1.807) is 7.11 Å². The number of methoxy groups -OCH3 is 1. The van der Waals surface area contributed by atoms with E-state index in [0.29, 0.717) is 11.7 Å². The van der Waals surface area contributed by atoms with Gasteiger partial charge < -0.3 is 14.6 Å². The van der Waals surface area contributed by atoms with Gasteiger partial charge in [-0.3, -0.25) is 4.79 Å². The molecule has 1 aromatic heterocycles. The Morgan fingerprint density at radius 1 is 1.53 bits per heavy atom. The van der Waals surface area contributed by atoms with Gasteiger partial charge in [-0.15, -0.1) is 0 Å². The summed E-state index contributed by atoms with van der Waals surface area (Å²) in [6, 6.07) is 0. The third-order valence-corrected chi connectivity index (χ3v) is 2.28. The van der Waals surface area contributed by atoms with Crippen LogP contribution in [0.4, 0.5) is 0 Å². The number of hydrogen-bond donors (Lipinski definition) is 1.